The molecule has 3 amide bonds. The van der Waals surface area contributed by atoms with E-state index in [4.69, 9.17) is 0 Å². The molecule has 0 bridgehead atoms. The van der Waals surface area contributed by atoms with Crippen LogP contribution in [0.4, 0.5) is 4.79 Å². The van der Waals surface area contributed by atoms with Crippen molar-refractivity contribution in [1.82, 2.24) is 25.0 Å². The van der Waals surface area contributed by atoms with Gasteiger partial charge in [0.25, 0.3) is 11.8 Å². The normalized spacial score (nSPS) is 13.5. The van der Waals surface area contributed by atoms with Crippen molar-refractivity contribution in [2.75, 3.05) is 7.05 Å². The predicted octanol–water partition coefficient (Wildman–Crippen LogP) is 1.54. The number of hydrogen-bond acceptors (Lipinski definition) is 5. The first-order chi connectivity index (χ1) is 11.6. The molecular formula is C16H11N5O3. The molecule has 1 aliphatic rings. The molecule has 0 radical (unpaired) electrons. The summed E-state index contributed by atoms with van der Waals surface area (Å²) in [5.41, 5.74) is 1.57. The van der Waals surface area contributed by atoms with E-state index in [0.29, 0.717) is 11.0 Å². The van der Waals surface area contributed by atoms with Crippen molar-refractivity contribution in [3.05, 3.63) is 59.7 Å². The van der Waals surface area contributed by atoms with E-state index in [9.17, 15) is 14.4 Å². The largest absolute Gasteiger partial charge is 0.365 e. The van der Waals surface area contributed by atoms with Gasteiger partial charge in [0, 0.05) is 7.05 Å². The highest BCUT2D eigenvalue weighted by molar-refractivity contribution is 6.21. The summed E-state index contributed by atoms with van der Waals surface area (Å²) in [4.78, 5) is 37.6. The molecule has 0 N–H and O–H groups in total. The summed E-state index contributed by atoms with van der Waals surface area (Å²) < 4.78 is 1.05. The summed E-state index contributed by atoms with van der Waals surface area (Å²) in [6, 6.07) is 12.7. The third kappa shape index (κ3) is 1.83. The predicted molar refractivity (Wildman–Crippen MR) is 83.0 cm³/mol. The van der Waals surface area contributed by atoms with Crippen LogP contribution in [0.5, 0.6) is 0 Å². The van der Waals surface area contributed by atoms with Crippen LogP contribution in [0.15, 0.2) is 48.5 Å². The number of imide groups is 1. The summed E-state index contributed by atoms with van der Waals surface area (Å²) in [7, 11) is 1.35. The van der Waals surface area contributed by atoms with Crippen LogP contribution >= 0.6 is 0 Å². The van der Waals surface area contributed by atoms with E-state index in [1.807, 2.05) is 0 Å². The number of hydrazine groups is 1. The number of fused-ring (bicyclic) bond motifs is 2. The quantitative estimate of drug-likeness (QED) is 0.634. The van der Waals surface area contributed by atoms with Gasteiger partial charge in [0.05, 0.1) is 16.6 Å². The number of carbonyl (C=O) groups excluding carboxylic acids is 3. The molecule has 24 heavy (non-hydrogen) atoms. The Hall–Kier alpha value is -3.55. The van der Waals surface area contributed by atoms with E-state index in [1.54, 1.807) is 48.5 Å². The lowest BCUT2D eigenvalue weighted by Crippen LogP contribution is -2.49. The second kappa shape index (κ2) is 4.98. The van der Waals surface area contributed by atoms with E-state index in [0.717, 1.165) is 14.7 Å². The molecule has 1 aromatic heterocycles. The summed E-state index contributed by atoms with van der Waals surface area (Å²) in [6.07, 6.45) is 0. The molecular weight excluding hydrogens is 310 g/mol. The number of carbonyl (C=O) groups is 3. The maximum Gasteiger partial charge on any atom is 0.365 e. The van der Waals surface area contributed by atoms with E-state index in [-0.39, 0.29) is 11.1 Å². The standard InChI is InChI=1S/C16H11N5O3/c1-19(16(24)20-13-9-5-4-8-12(13)17-18-20)21-14(22)10-6-2-3-7-11(10)15(21)23/h2-9H,1H3. The van der Waals surface area contributed by atoms with Crippen molar-refractivity contribution in [2.24, 2.45) is 0 Å². The zero-order valence-electron chi connectivity index (χ0n) is 12.6. The molecule has 0 saturated carbocycles. The summed E-state index contributed by atoms with van der Waals surface area (Å²) in [6.45, 7) is 0. The number of benzene rings is 2. The third-order valence-electron chi connectivity index (χ3n) is 3.88. The number of rotatable bonds is 1. The molecule has 2 aromatic carbocycles. The molecule has 0 atom stereocenters. The van der Waals surface area contributed by atoms with Crippen molar-refractivity contribution in [3.63, 3.8) is 0 Å². The first-order valence-corrected chi connectivity index (χ1v) is 7.16. The molecule has 3 aromatic rings. The minimum absolute atomic E-state index is 0.269. The Morgan fingerprint density at radius 3 is 2.21 bits per heavy atom. The monoisotopic (exact) mass is 321 g/mol. The van der Waals surface area contributed by atoms with Crippen LogP contribution in [0.1, 0.15) is 20.7 Å². The van der Waals surface area contributed by atoms with Crippen molar-refractivity contribution >= 4 is 28.9 Å². The zero-order valence-corrected chi connectivity index (χ0v) is 12.6. The lowest BCUT2D eigenvalue weighted by Gasteiger charge is -2.25. The summed E-state index contributed by atoms with van der Waals surface area (Å²) >= 11 is 0. The van der Waals surface area contributed by atoms with E-state index < -0.39 is 17.8 Å². The fourth-order valence-electron chi connectivity index (χ4n) is 2.68. The molecule has 0 saturated heterocycles. The van der Waals surface area contributed by atoms with Gasteiger partial charge in [0.2, 0.25) is 0 Å². The van der Waals surface area contributed by atoms with Gasteiger partial charge in [-0.25, -0.2) is 9.80 Å². The van der Waals surface area contributed by atoms with E-state index >= 15 is 0 Å². The molecule has 118 valence electrons. The highest BCUT2D eigenvalue weighted by atomic mass is 16.2. The molecule has 8 heteroatoms. The Morgan fingerprint density at radius 1 is 0.958 bits per heavy atom. The van der Waals surface area contributed by atoms with Gasteiger partial charge in [0.15, 0.2) is 0 Å². The van der Waals surface area contributed by atoms with Gasteiger partial charge in [0.1, 0.15) is 5.52 Å². The molecule has 8 nitrogen and oxygen atoms in total. The molecule has 0 unspecified atom stereocenters. The average Bonchev–Trinajstić information content (AvgIpc) is 3.14. The molecule has 0 spiro atoms. The van der Waals surface area contributed by atoms with Crippen LogP contribution in [-0.2, 0) is 0 Å². The molecule has 0 fully saturated rings. The smallest absolute Gasteiger partial charge is 0.267 e. The summed E-state index contributed by atoms with van der Waals surface area (Å²) in [5.74, 6) is -1.09. The van der Waals surface area contributed by atoms with Crippen molar-refractivity contribution in [1.29, 1.82) is 0 Å². The van der Waals surface area contributed by atoms with Gasteiger partial charge in [-0.3, -0.25) is 9.59 Å². The Balaban J connectivity index is 1.72. The highest BCUT2D eigenvalue weighted by Gasteiger charge is 2.40. The fourth-order valence-corrected chi connectivity index (χ4v) is 2.68. The minimum atomic E-state index is -0.654. The summed E-state index contributed by atoms with van der Waals surface area (Å²) in [5, 5.41) is 9.48. The number of hydrogen-bond donors (Lipinski definition) is 0. The maximum atomic E-state index is 12.7. The zero-order chi connectivity index (χ0) is 16.8. The lowest BCUT2D eigenvalue weighted by atomic mass is 10.1. The second-order valence-electron chi connectivity index (χ2n) is 5.26. The second-order valence-corrected chi connectivity index (χ2v) is 5.26. The highest BCUT2D eigenvalue weighted by Crippen LogP contribution is 2.24. The number of aromatic nitrogens is 3. The van der Waals surface area contributed by atoms with Crippen LogP contribution < -0.4 is 0 Å². The van der Waals surface area contributed by atoms with Gasteiger partial charge < -0.3 is 0 Å². The topological polar surface area (TPSA) is 88.4 Å². The molecule has 1 aliphatic heterocycles. The van der Waals surface area contributed by atoms with Gasteiger partial charge in [-0.1, -0.05) is 29.5 Å². The number of para-hydroxylation sites is 1. The third-order valence-corrected chi connectivity index (χ3v) is 3.88. The van der Waals surface area contributed by atoms with Gasteiger partial charge in [-0.2, -0.15) is 9.69 Å². The average molecular weight is 321 g/mol. The number of nitrogens with zero attached hydrogens (tertiary/aromatic N) is 5. The lowest BCUT2D eigenvalue weighted by molar-refractivity contribution is 0.0264. The first kappa shape index (κ1) is 14.1. The molecule has 0 aliphatic carbocycles. The SMILES string of the molecule is CN(C(=O)n1nnc2ccccc21)N1C(=O)c2ccccc2C1=O. The Kier molecular flexibility index (Phi) is 2.92. The van der Waals surface area contributed by atoms with Crippen LogP contribution in [0.25, 0.3) is 11.0 Å². The first-order valence-electron chi connectivity index (χ1n) is 7.16. The molecule has 4 rings (SSSR count). The van der Waals surface area contributed by atoms with Crippen LogP contribution in [-0.4, -0.2) is 49.9 Å². The Labute approximate surface area is 135 Å². The van der Waals surface area contributed by atoms with Gasteiger partial charge in [-0.15, -0.1) is 5.10 Å². The Morgan fingerprint density at radius 2 is 1.54 bits per heavy atom. The van der Waals surface area contributed by atoms with E-state index in [1.165, 1.54) is 7.05 Å². The molecule has 2 heterocycles. The fraction of sp³-hybridized carbons (Fsp3) is 0.0625. The maximum absolute atomic E-state index is 12.7. The number of amides is 3. The van der Waals surface area contributed by atoms with Crippen LogP contribution in [0, 0.1) is 0 Å². The van der Waals surface area contributed by atoms with Gasteiger partial charge >= 0.3 is 6.03 Å². The van der Waals surface area contributed by atoms with Crippen molar-refractivity contribution < 1.29 is 14.4 Å². The van der Waals surface area contributed by atoms with Gasteiger partial charge in [-0.05, 0) is 24.3 Å². The van der Waals surface area contributed by atoms with E-state index in [2.05, 4.69) is 10.3 Å². The Bertz CT molecular complexity index is 975. The van der Waals surface area contributed by atoms with Crippen molar-refractivity contribution in [2.45, 2.75) is 0 Å². The van der Waals surface area contributed by atoms with Crippen LogP contribution in [0.3, 0.4) is 0 Å². The minimum Gasteiger partial charge on any atom is -0.267 e. The van der Waals surface area contributed by atoms with Crippen LogP contribution in [0.2, 0.25) is 0 Å². The van der Waals surface area contributed by atoms with Crippen molar-refractivity contribution in [3.8, 4) is 0 Å².